The van der Waals surface area contributed by atoms with Crippen LogP contribution < -0.4 is 5.73 Å². The average molecular weight is 317 g/mol. The third-order valence-corrected chi connectivity index (χ3v) is 3.51. The van der Waals surface area contributed by atoms with Crippen LogP contribution in [0.3, 0.4) is 0 Å². The van der Waals surface area contributed by atoms with Gasteiger partial charge in [0, 0.05) is 0 Å². The summed E-state index contributed by atoms with van der Waals surface area (Å²) in [5.41, 5.74) is 4.89. The molecule has 11 heteroatoms. The zero-order valence-corrected chi connectivity index (χ0v) is 11.0. The van der Waals surface area contributed by atoms with E-state index in [-0.39, 0.29) is 16.9 Å². The minimum Gasteiger partial charge on any atom is -0.394 e. The Labute approximate surface area is 122 Å². The van der Waals surface area contributed by atoms with E-state index in [4.69, 9.17) is 15.6 Å². The van der Waals surface area contributed by atoms with Gasteiger partial charge in [0.2, 0.25) is 0 Å². The van der Waals surface area contributed by atoms with Crippen molar-refractivity contribution in [2.24, 2.45) is 0 Å². The molecular formula is C11H13F2N5O4. The molecule has 0 radical (unpaired) electrons. The Morgan fingerprint density at radius 3 is 2.64 bits per heavy atom. The number of halogens is 2. The Morgan fingerprint density at radius 1 is 1.32 bits per heavy atom. The highest BCUT2D eigenvalue weighted by molar-refractivity contribution is 5.88. The molecular weight excluding hydrogens is 304 g/mol. The lowest BCUT2D eigenvalue weighted by Crippen LogP contribution is -2.33. The summed E-state index contributed by atoms with van der Waals surface area (Å²) in [5, 5.41) is 32.4. The Morgan fingerprint density at radius 2 is 2.05 bits per heavy atom. The minimum absolute atomic E-state index is 0.0577. The number of aromatic nitrogens is 4. The van der Waals surface area contributed by atoms with E-state index in [1.54, 1.807) is 0 Å². The van der Waals surface area contributed by atoms with E-state index in [0.717, 1.165) is 11.0 Å². The van der Waals surface area contributed by atoms with Crippen LogP contribution in [0.4, 0.5) is 14.6 Å². The first-order chi connectivity index (χ1) is 10.5. The third kappa shape index (κ3) is 2.09. The number of rotatable bonds is 3. The molecule has 0 unspecified atom stereocenters. The Balaban J connectivity index is 2.14. The number of hydrogen-bond acceptors (Lipinski definition) is 8. The number of hydrogen-bond donors (Lipinski definition) is 4. The Bertz CT molecular complexity index is 696. The summed E-state index contributed by atoms with van der Waals surface area (Å²) in [6.07, 6.45) is -7.07. The predicted octanol–water partition coefficient (Wildman–Crippen LogP) is -1.04. The summed E-state index contributed by atoms with van der Waals surface area (Å²) in [4.78, 5) is 7.48. The number of anilines is 1. The molecule has 120 valence electrons. The predicted molar refractivity (Wildman–Crippen MR) is 67.7 cm³/mol. The van der Waals surface area contributed by atoms with Gasteiger partial charge in [0.25, 0.3) is 6.43 Å². The second kappa shape index (κ2) is 5.35. The number of aliphatic hydroxyl groups excluding tert-OH is 3. The number of nitrogens with two attached hydrogens (primary N) is 1. The molecule has 1 fully saturated rings. The van der Waals surface area contributed by atoms with Crippen LogP contribution in [-0.2, 0) is 4.74 Å². The molecule has 5 N–H and O–H groups in total. The van der Waals surface area contributed by atoms with Crippen molar-refractivity contribution in [1.82, 2.24) is 19.7 Å². The lowest BCUT2D eigenvalue weighted by atomic mass is 10.1. The first kappa shape index (κ1) is 15.0. The topological polar surface area (TPSA) is 140 Å². The monoisotopic (exact) mass is 317 g/mol. The largest absolute Gasteiger partial charge is 0.394 e. The number of aliphatic hydroxyl groups is 3. The molecule has 0 amide bonds. The number of fused-ring (bicyclic) bond motifs is 1. The van der Waals surface area contributed by atoms with Crippen LogP contribution >= 0.6 is 0 Å². The smallest absolute Gasteiger partial charge is 0.282 e. The fraction of sp³-hybridized carbons (Fsp3) is 0.545. The van der Waals surface area contributed by atoms with Gasteiger partial charge in [-0.05, 0) is 0 Å². The Hall–Kier alpha value is -1.95. The van der Waals surface area contributed by atoms with Crippen LogP contribution in [0, 0.1) is 0 Å². The van der Waals surface area contributed by atoms with E-state index in [1.165, 1.54) is 0 Å². The van der Waals surface area contributed by atoms with Crippen molar-refractivity contribution in [3.05, 3.63) is 12.0 Å². The highest BCUT2D eigenvalue weighted by Crippen LogP contribution is 2.35. The average Bonchev–Trinajstić information content (AvgIpc) is 3.00. The van der Waals surface area contributed by atoms with Crippen molar-refractivity contribution in [1.29, 1.82) is 0 Å². The number of ether oxygens (including phenoxy) is 1. The molecule has 1 aliphatic heterocycles. The van der Waals surface area contributed by atoms with Crippen LogP contribution in [0.2, 0.25) is 0 Å². The van der Waals surface area contributed by atoms with Crippen LogP contribution in [0.15, 0.2) is 6.33 Å². The maximum Gasteiger partial charge on any atom is 0.282 e. The molecule has 1 aliphatic rings. The zero-order chi connectivity index (χ0) is 16.0. The van der Waals surface area contributed by atoms with Crippen molar-refractivity contribution in [3.8, 4) is 0 Å². The van der Waals surface area contributed by atoms with E-state index in [9.17, 15) is 19.0 Å². The number of nitrogens with zero attached hydrogens (tertiary/aromatic N) is 4. The van der Waals surface area contributed by atoms with Crippen LogP contribution in [0.1, 0.15) is 18.3 Å². The number of alkyl halides is 2. The number of nitrogen functional groups attached to an aromatic ring is 1. The summed E-state index contributed by atoms with van der Waals surface area (Å²) in [6, 6.07) is 0. The van der Waals surface area contributed by atoms with E-state index < -0.39 is 43.3 Å². The van der Waals surface area contributed by atoms with Crippen LogP contribution in [0.5, 0.6) is 0 Å². The third-order valence-electron chi connectivity index (χ3n) is 3.51. The summed E-state index contributed by atoms with van der Waals surface area (Å²) in [7, 11) is 0. The van der Waals surface area contributed by atoms with Crippen molar-refractivity contribution >= 4 is 16.9 Å². The standard InChI is InChI=1S/C11H13F2N5O4/c12-8(13)5-4-9(14)15-2-16-10(4)18(17-5)11-7(21)6(20)3(1-19)22-11/h2-3,6-8,11,19-21H,1H2,(H2,14,15,16)/t3-,6+,7+,11+/m0/s1. The minimum atomic E-state index is -2.94. The first-order valence-corrected chi connectivity index (χ1v) is 6.35. The maximum absolute atomic E-state index is 13.1. The van der Waals surface area contributed by atoms with Crippen molar-refractivity contribution in [2.75, 3.05) is 12.3 Å². The van der Waals surface area contributed by atoms with Crippen molar-refractivity contribution in [2.45, 2.75) is 31.0 Å². The van der Waals surface area contributed by atoms with Gasteiger partial charge in [-0.15, -0.1) is 0 Å². The molecule has 0 saturated carbocycles. The highest BCUT2D eigenvalue weighted by Gasteiger charge is 2.45. The lowest BCUT2D eigenvalue weighted by molar-refractivity contribution is -0.0572. The van der Waals surface area contributed by atoms with Gasteiger partial charge in [0.05, 0.1) is 12.0 Å². The highest BCUT2D eigenvalue weighted by atomic mass is 19.3. The van der Waals surface area contributed by atoms with Gasteiger partial charge in [0.1, 0.15) is 36.2 Å². The van der Waals surface area contributed by atoms with Crippen LogP contribution in [-0.4, -0.2) is 60.0 Å². The molecule has 2 aromatic rings. The van der Waals surface area contributed by atoms with Gasteiger partial charge in [-0.1, -0.05) is 0 Å². The normalized spacial score (nSPS) is 28.8. The van der Waals surface area contributed by atoms with Crippen molar-refractivity contribution in [3.63, 3.8) is 0 Å². The van der Waals surface area contributed by atoms with Crippen LogP contribution in [0.25, 0.3) is 11.0 Å². The van der Waals surface area contributed by atoms with Crippen molar-refractivity contribution < 1.29 is 28.8 Å². The molecule has 0 spiro atoms. The second-order valence-electron chi connectivity index (χ2n) is 4.82. The van der Waals surface area contributed by atoms with Gasteiger partial charge in [0.15, 0.2) is 11.9 Å². The first-order valence-electron chi connectivity index (χ1n) is 6.35. The van der Waals surface area contributed by atoms with Gasteiger partial charge < -0.3 is 25.8 Å². The van der Waals surface area contributed by atoms with Gasteiger partial charge in [-0.2, -0.15) is 5.10 Å². The molecule has 1 saturated heterocycles. The van der Waals surface area contributed by atoms with Gasteiger partial charge in [-0.3, -0.25) is 0 Å². The van der Waals surface area contributed by atoms with Gasteiger partial charge in [-0.25, -0.2) is 23.4 Å². The maximum atomic E-state index is 13.1. The fourth-order valence-corrected chi connectivity index (χ4v) is 2.43. The molecule has 0 bridgehead atoms. The fourth-order valence-electron chi connectivity index (χ4n) is 2.43. The second-order valence-corrected chi connectivity index (χ2v) is 4.82. The SMILES string of the molecule is Nc1ncnc2c1c(C(F)F)nn2[C@@H]1O[C@@H](CO)[C@@H](O)[C@H]1O. The summed E-state index contributed by atoms with van der Waals surface area (Å²) >= 11 is 0. The molecule has 4 atom stereocenters. The van der Waals surface area contributed by atoms with E-state index in [0.29, 0.717) is 0 Å². The van der Waals surface area contributed by atoms with Gasteiger partial charge >= 0.3 is 0 Å². The summed E-state index contributed by atoms with van der Waals surface area (Å²) in [5.74, 6) is -0.182. The molecule has 0 aliphatic carbocycles. The zero-order valence-electron chi connectivity index (χ0n) is 11.0. The molecule has 2 aromatic heterocycles. The Kier molecular flexibility index (Phi) is 3.64. The lowest BCUT2D eigenvalue weighted by Gasteiger charge is -2.15. The molecule has 3 rings (SSSR count). The van der Waals surface area contributed by atoms with E-state index in [2.05, 4.69) is 15.1 Å². The summed E-state index contributed by atoms with van der Waals surface area (Å²) < 4.78 is 32.4. The van der Waals surface area contributed by atoms with E-state index in [1.807, 2.05) is 0 Å². The quantitative estimate of drug-likeness (QED) is 0.563. The summed E-state index contributed by atoms with van der Waals surface area (Å²) in [6.45, 7) is -0.549. The molecule has 0 aromatic carbocycles. The molecule has 22 heavy (non-hydrogen) atoms. The molecule has 9 nitrogen and oxygen atoms in total. The molecule has 3 heterocycles. The van der Waals surface area contributed by atoms with E-state index >= 15 is 0 Å².